The molecule has 26 heavy (non-hydrogen) atoms. The molecular weight excluding hydrogens is 352 g/mol. The SMILES string of the molecule is COc1ccccc1OCCSc1nnc(COc2ccc(C)cc2)o1. The molecule has 0 radical (unpaired) electrons. The molecule has 3 rings (SSSR count). The van der Waals surface area contributed by atoms with Gasteiger partial charge in [0.25, 0.3) is 11.1 Å². The van der Waals surface area contributed by atoms with Crippen LogP contribution in [0.2, 0.25) is 0 Å². The van der Waals surface area contributed by atoms with Crippen molar-refractivity contribution in [3.05, 3.63) is 60.0 Å². The van der Waals surface area contributed by atoms with Gasteiger partial charge in [0.2, 0.25) is 0 Å². The van der Waals surface area contributed by atoms with Crippen LogP contribution in [0, 0.1) is 6.92 Å². The molecule has 136 valence electrons. The predicted octanol–water partition coefficient (Wildman–Crippen LogP) is 4.14. The van der Waals surface area contributed by atoms with E-state index in [4.69, 9.17) is 18.6 Å². The van der Waals surface area contributed by atoms with Gasteiger partial charge in [0.15, 0.2) is 18.1 Å². The zero-order valence-electron chi connectivity index (χ0n) is 14.7. The number of rotatable bonds is 9. The van der Waals surface area contributed by atoms with Crippen molar-refractivity contribution in [3.63, 3.8) is 0 Å². The van der Waals surface area contributed by atoms with Crippen molar-refractivity contribution in [1.29, 1.82) is 0 Å². The summed E-state index contributed by atoms with van der Waals surface area (Å²) < 4.78 is 22.1. The van der Waals surface area contributed by atoms with Gasteiger partial charge in [-0.2, -0.15) is 0 Å². The van der Waals surface area contributed by atoms with Gasteiger partial charge in [-0.15, -0.1) is 10.2 Å². The number of benzene rings is 2. The van der Waals surface area contributed by atoms with Gasteiger partial charge in [0.05, 0.1) is 13.7 Å². The molecule has 0 spiro atoms. The van der Waals surface area contributed by atoms with Crippen LogP contribution in [0.15, 0.2) is 58.2 Å². The average molecular weight is 372 g/mol. The van der Waals surface area contributed by atoms with E-state index in [1.165, 1.54) is 17.3 Å². The second-order valence-corrected chi connectivity index (χ2v) is 6.46. The highest BCUT2D eigenvalue weighted by Gasteiger charge is 2.08. The van der Waals surface area contributed by atoms with Crippen LogP contribution in [-0.2, 0) is 6.61 Å². The molecule has 7 heteroatoms. The zero-order valence-corrected chi connectivity index (χ0v) is 15.5. The van der Waals surface area contributed by atoms with E-state index < -0.39 is 0 Å². The fourth-order valence-electron chi connectivity index (χ4n) is 2.15. The molecule has 0 aliphatic carbocycles. The minimum absolute atomic E-state index is 0.244. The number of hydrogen-bond donors (Lipinski definition) is 0. The van der Waals surface area contributed by atoms with E-state index in [-0.39, 0.29) is 6.61 Å². The van der Waals surface area contributed by atoms with Crippen LogP contribution < -0.4 is 14.2 Å². The summed E-state index contributed by atoms with van der Waals surface area (Å²) in [4.78, 5) is 0. The molecule has 0 saturated heterocycles. The number of thioether (sulfide) groups is 1. The number of methoxy groups -OCH3 is 1. The highest BCUT2D eigenvalue weighted by molar-refractivity contribution is 7.99. The molecule has 6 nitrogen and oxygen atoms in total. The van der Waals surface area contributed by atoms with Crippen LogP contribution in [0.5, 0.6) is 17.2 Å². The maximum Gasteiger partial charge on any atom is 0.276 e. The van der Waals surface area contributed by atoms with E-state index in [2.05, 4.69) is 10.2 Å². The minimum Gasteiger partial charge on any atom is -0.493 e. The van der Waals surface area contributed by atoms with Crippen LogP contribution in [0.25, 0.3) is 0 Å². The maximum atomic E-state index is 5.71. The highest BCUT2D eigenvalue weighted by atomic mass is 32.2. The van der Waals surface area contributed by atoms with Gasteiger partial charge in [-0.1, -0.05) is 41.6 Å². The molecule has 0 unspecified atom stereocenters. The van der Waals surface area contributed by atoms with Gasteiger partial charge < -0.3 is 18.6 Å². The summed E-state index contributed by atoms with van der Waals surface area (Å²) in [7, 11) is 1.62. The first-order valence-electron chi connectivity index (χ1n) is 8.15. The smallest absolute Gasteiger partial charge is 0.276 e. The lowest BCUT2D eigenvalue weighted by molar-refractivity contribution is 0.252. The van der Waals surface area contributed by atoms with Gasteiger partial charge in [-0.3, -0.25) is 0 Å². The number of ether oxygens (including phenoxy) is 3. The summed E-state index contributed by atoms with van der Waals surface area (Å²) in [5, 5.41) is 8.49. The van der Waals surface area contributed by atoms with E-state index in [0.29, 0.717) is 35.0 Å². The fraction of sp³-hybridized carbons (Fsp3) is 0.263. The number of aryl methyl sites for hydroxylation is 1. The normalized spacial score (nSPS) is 10.5. The van der Waals surface area contributed by atoms with E-state index >= 15 is 0 Å². The molecule has 3 aromatic rings. The van der Waals surface area contributed by atoms with Crippen molar-refractivity contribution in [3.8, 4) is 17.2 Å². The largest absolute Gasteiger partial charge is 0.493 e. The zero-order chi connectivity index (χ0) is 18.2. The van der Waals surface area contributed by atoms with Crippen LogP contribution in [0.3, 0.4) is 0 Å². The molecule has 0 atom stereocenters. The molecule has 2 aromatic carbocycles. The summed E-state index contributed by atoms with van der Waals surface area (Å²) >= 11 is 1.44. The van der Waals surface area contributed by atoms with Crippen LogP contribution >= 0.6 is 11.8 Å². The maximum absolute atomic E-state index is 5.71. The predicted molar refractivity (Wildman–Crippen MR) is 99.0 cm³/mol. The van der Waals surface area contributed by atoms with Gasteiger partial charge in [-0.05, 0) is 31.2 Å². The summed E-state index contributed by atoms with van der Waals surface area (Å²) in [6.07, 6.45) is 0. The van der Waals surface area contributed by atoms with Crippen molar-refractivity contribution < 1.29 is 18.6 Å². The van der Waals surface area contributed by atoms with E-state index in [9.17, 15) is 0 Å². The Morgan fingerprint density at radius 2 is 1.73 bits per heavy atom. The molecular formula is C19H20N2O4S. The van der Waals surface area contributed by atoms with Gasteiger partial charge >= 0.3 is 0 Å². The molecule has 0 amide bonds. The van der Waals surface area contributed by atoms with Gasteiger partial charge in [-0.25, -0.2) is 0 Å². The number of aromatic nitrogens is 2. The monoisotopic (exact) mass is 372 g/mol. The standard InChI is InChI=1S/C19H20N2O4S/c1-14-7-9-15(10-8-14)24-13-18-20-21-19(25-18)26-12-11-23-17-6-4-3-5-16(17)22-2/h3-10H,11-13H2,1-2H3. The Hall–Kier alpha value is -2.67. The van der Waals surface area contributed by atoms with Crippen molar-refractivity contribution in [2.75, 3.05) is 19.5 Å². The van der Waals surface area contributed by atoms with Crippen LogP contribution in [-0.4, -0.2) is 29.7 Å². The third kappa shape index (κ3) is 5.16. The third-order valence-electron chi connectivity index (χ3n) is 3.47. The van der Waals surface area contributed by atoms with Gasteiger partial charge in [0, 0.05) is 5.75 Å². The van der Waals surface area contributed by atoms with Gasteiger partial charge in [0.1, 0.15) is 5.75 Å². The molecule has 0 aliphatic heterocycles. The molecule has 0 saturated carbocycles. The van der Waals surface area contributed by atoms with Crippen molar-refractivity contribution in [2.24, 2.45) is 0 Å². The quantitative estimate of drug-likeness (QED) is 0.413. The van der Waals surface area contributed by atoms with Crippen LogP contribution in [0.1, 0.15) is 11.5 Å². The molecule has 1 aromatic heterocycles. The number of nitrogens with zero attached hydrogens (tertiary/aromatic N) is 2. The lowest BCUT2D eigenvalue weighted by atomic mass is 10.2. The lowest BCUT2D eigenvalue weighted by Gasteiger charge is -2.09. The average Bonchev–Trinajstić information content (AvgIpc) is 3.13. The fourth-order valence-corrected chi connectivity index (χ4v) is 2.75. The lowest BCUT2D eigenvalue weighted by Crippen LogP contribution is -2.01. The van der Waals surface area contributed by atoms with E-state index in [0.717, 1.165) is 5.75 Å². The van der Waals surface area contributed by atoms with Crippen molar-refractivity contribution >= 4 is 11.8 Å². The Morgan fingerprint density at radius 3 is 2.50 bits per heavy atom. The highest BCUT2D eigenvalue weighted by Crippen LogP contribution is 2.26. The Labute approximate surface area is 156 Å². The topological polar surface area (TPSA) is 66.6 Å². The third-order valence-corrected chi connectivity index (χ3v) is 4.25. The Bertz CT molecular complexity index is 820. The summed E-state index contributed by atoms with van der Waals surface area (Å²) in [6.45, 7) is 2.78. The van der Waals surface area contributed by atoms with E-state index in [1.807, 2.05) is 55.5 Å². The molecule has 0 N–H and O–H groups in total. The van der Waals surface area contributed by atoms with Crippen molar-refractivity contribution in [2.45, 2.75) is 18.8 Å². The minimum atomic E-state index is 0.244. The summed E-state index contributed by atoms with van der Waals surface area (Å²) in [5.74, 6) is 3.32. The molecule has 0 fully saturated rings. The second-order valence-electron chi connectivity index (χ2n) is 5.41. The molecule has 0 bridgehead atoms. The Balaban J connectivity index is 1.41. The van der Waals surface area contributed by atoms with Crippen LogP contribution in [0.4, 0.5) is 0 Å². The van der Waals surface area contributed by atoms with Crippen molar-refractivity contribution in [1.82, 2.24) is 10.2 Å². The Morgan fingerprint density at radius 1 is 0.962 bits per heavy atom. The number of hydrogen-bond acceptors (Lipinski definition) is 7. The first kappa shape index (κ1) is 18.1. The summed E-state index contributed by atoms with van der Waals surface area (Å²) in [6, 6.07) is 15.4. The first-order valence-corrected chi connectivity index (χ1v) is 9.13. The second kappa shape index (κ2) is 9.15. The number of para-hydroxylation sites is 2. The van der Waals surface area contributed by atoms with E-state index in [1.54, 1.807) is 7.11 Å². The summed E-state index contributed by atoms with van der Waals surface area (Å²) in [5.41, 5.74) is 1.18. The Kier molecular flexibility index (Phi) is 6.38. The molecule has 1 heterocycles. The molecule has 0 aliphatic rings. The first-order chi connectivity index (χ1) is 12.7.